The summed E-state index contributed by atoms with van der Waals surface area (Å²) in [5, 5.41) is 6.90. The molecule has 0 radical (unpaired) electrons. The molecule has 4 N–H and O–H groups in total. The molecule has 11 heteroatoms. The number of nitrogen functional groups attached to an aromatic ring is 1. The van der Waals surface area contributed by atoms with Gasteiger partial charge < -0.3 is 15.6 Å². The van der Waals surface area contributed by atoms with Crippen molar-refractivity contribution in [1.29, 1.82) is 0 Å². The fourth-order valence-corrected chi connectivity index (χ4v) is 4.14. The van der Waals surface area contributed by atoms with Crippen LogP contribution >= 0.6 is 0 Å². The molecule has 2 aromatic heterocycles. The second kappa shape index (κ2) is 7.50. The number of nitrogens with one attached hydrogen (secondary N) is 2. The van der Waals surface area contributed by atoms with Crippen LogP contribution in [0.5, 0.6) is 0 Å². The van der Waals surface area contributed by atoms with E-state index in [1.54, 1.807) is 18.2 Å². The van der Waals surface area contributed by atoms with Crippen LogP contribution in [-0.2, 0) is 16.4 Å². The first-order chi connectivity index (χ1) is 13.9. The Hall–Kier alpha value is -2.89. The number of benzene rings is 1. The lowest BCUT2D eigenvalue weighted by atomic mass is 10.1. The average Bonchev–Trinajstić information content (AvgIpc) is 3.15. The number of anilines is 1. The Morgan fingerprint density at radius 2 is 2.10 bits per heavy atom. The largest absolute Gasteiger partial charge is 0.382 e. The van der Waals surface area contributed by atoms with Gasteiger partial charge in [-0.3, -0.25) is 0 Å². The molecule has 0 saturated carbocycles. The van der Waals surface area contributed by atoms with Gasteiger partial charge in [0, 0.05) is 31.1 Å². The van der Waals surface area contributed by atoms with Crippen LogP contribution < -0.4 is 15.8 Å². The van der Waals surface area contributed by atoms with E-state index in [0.717, 1.165) is 5.56 Å². The lowest BCUT2D eigenvalue weighted by molar-refractivity contribution is 0.410. The maximum atomic E-state index is 12.7. The Labute approximate surface area is 168 Å². The fourth-order valence-electron chi connectivity index (χ4n) is 2.88. The molecule has 1 fully saturated rings. The second-order valence-electron chi connectivity index (χ2n) is 6.81. The molecule has 1 aliphatic heterocycles. The number of aryl methyl sites for hydroxylation is 2. The van der Waals surface area contributed by atoms with Gasteiger partial charge in [-0.1, -0.05) is 18.1 Å². The number of nitrogens with two attached hydrogens (primary N) is 1. The summed E-state index contributed by atoms with van der Waals surface area (Å²) in [6.07, 6.45) is 2.11. The predicted molar refractivity (Wildman–Crippen MR) is 106 cm³/mol. The first-order valence-electron chi connectivity index (χ1n) is 9.17. The standard InChI is InChI=1S/C18H21N7O3S/c1-3-15-23-18(28-24-15)16-17(19)21-9-14(22-16)13-6-12(5-4-10(13)2)29(26,27)25-11-7-20-8-11/h4-6,9,11,20,25H,3,7-8H2,1-2H3,(H2,19,21). The first-order valence-corrected chi connectivity index (χ1v) is 10.6. The van der Waals surface area contributed by atoms with E-state index in [-0.39, 0.29) is 28.3 Å². The molecule has 1 aliphatic rings. The van der Waals surface area contributed by atoms with Crippen LogP contribution in [0, 0.1) is 6.92 Å². The normalized spacial score (nSPS) is 14.7. The summed E-state index contributed by atoms with van der Waals surface area (Å²) in [6, 6.07) is 4.80. The maximum Gasteiger partial charge on any atom is 0.280 e. The van der Waals surface area contributed by atoms with Crippen LogP contribution in [0.2, 0.25) is 0 Å². The molecule has 4 rings (SSSR count). The van der Waals surface area contributed by atoms with Crippen molar-refractivity contribution in [3.8, 4) is 22.8 Å². The topological polar surface area (TPSA) is 149 Å². The van der Waals surface area contributed by atoms with Crippen LogP contribution in [0.15, 0.2) is 33.8 Å². The predicted octanol–water partition coefficient (Wildman–Crippen LogP) is 0.897. The molecule has 0 aliphatic carbocycles. The zero-order valence-electron chi connectivity index (χ0n) is 16.0. The average molecular weight is 415 g/mol. The molecule has 0 amide bonds. The maximum absolute atomic E-state index is 12.7. The van der Waals surface area contributed by atoms with Crippen molar-refractivity contribution in [2.45, 2.75) is 31.2 Å². The van der Waals surface area contributed by atoms with Crippen molar-refractivity contribution in [3.05, 3.63) is 35.8 Å². The van der Waals surface area contributed by atoms with Crippen molar-refractivity contribution in [3.63, 3.8) is 0 Å². The third-order valence-electron chi connectivity index (χ3n) is 4.69. The van der Waals surface area contributed by atoms with Gasteiger partial charge in [0.05, 0.1) is 16.8 Å². The minimum Gasteiger partial charge on any atom is -0.382 e. The Morgan fingerprint density at radius 3 is 2.76 bits per heavy atom. The summed E-state index contributed by atoms with van der Waals surface area (Å²) in [7, 11) is -3.64. The van der Waals surface area contributed by atoms with Crippen LogP contribution in [-0.4, -0.2) is 47.7 Å². The van der Waals surface area contributed by atoms with E-state index in [1.807, 2.05) is 13.8 Å². The third kappa shape index (κ3) is 3.84. The zero-order chi connectivity index (χ0) is 20.6. The van der Waals surface area contributed by atoms with Gasteiger partial charge in [0.1, 0.15) is 0 Å². The number of hydrogen-bond acceptors (Lipinski definition) is 9. The van der Waals surface area contributed by atoms with Gasteiger partial charge >= 0.3 is 0 Å². The van der Waals surface area contributed by atoms with E-state index >= 15 is 0 Å². The van der Waals surface area contributed by atoms with Crippen molar-refractivity contribution >= 4 is 15.8 Å². The number of hydrogen-bond donors (Lipinski definition) is 3. The molecular formula is C18H21N7O3S. The van der Waals surface area contributed by atoms with Gasteiger partial charge in [-0.15, -0.1) is 0 Å². The van der Waals surface area contributed by atoms with Crippen molar-refractivity contribution in [2.24, 2.45) is 0 Å². The monoisotopic (exact) mass is 415 g/mol. The fraction of sp³-hybridized carbons (Fsp3) is 0.333. The van der Waals surface area contributed by atoms with E-state index in [4.69, 9.17) is 10.3 Å². The quantitative estimate of drug-likeness (QED) is 0.533. The Kier molecular flexibility index (Phi) is 5.03. The summed E-state index contributed by atoms with van der Waals surface area (Å²) in [5.74, 6) is 0.863. The number of aromatic nitrogens is 4. The van der Waals surface area contributed by atoms with Gasteiger partial charge in [-0.25, -0.2) is 23.1 Å². The van der Waals surface area contributed by atoms with Gasteiger partial charge in [0.2, 0.25) is 10.0 Å². The lowest BCUT2D eigenvalue weighted by Gasteiger charge is -2.27. The molecular weight excluding hydrogens is 394 g/mol. The molecule has 1 aromatic carbocycles. The molecule has 29 heavy (non-hydrogen) atoms. The second-order valence-corrected chi connectivity index (χ2v) is 8.53. The van der Waals surface area contributed by atoms with Gasteiger partial charge in [-0.05, 0) is 24.6 Å². The highest BCUT2D eigenvalue weighted by Gasteiger charge is 2.25. The summed E-state index contributed by atoms with van der Waals surface area (Å²) < 4.78 is 33.3. The summed E-state index contributed by atoms with van der Waals surface area (Å²) in [6.45, 7) is 5.01. The molecule has 10 nitrogen and oxygen atoms in total. The van der Waals surface area contributed by atoms with Crippen molar-refractivity contribution < 1.29 is 12.9 Å². The smallest absolute Gasteiger partial charge is 0.280 e. The number of sulfonamides is 1. The van der Waals surface area contributed by atoms with Crippen molar-refractivity contribution in [2.75, 3.05) is 18.8 Å². The highest BCUT2D eigenvalue weighted by atomic mass is 32.2. The van der Waals surface area contributed by atoms with Crippen LogP contribution in [0.3, 0.4) is 0 Å². The molecule has 3 aromatic rings. The summed E-state index contributed by atoms with van der Waals surface area (Å²) in [4.78, 5) is 13.1. The van der Waals surface area contributed by atoms with E-state index in [9.17, 15) is 8.42 Å². The van der Waals surface area contributed by atoms with Crippen LogP contribution in [0.25, 0.3) is 22.8 Å². The van der Waals surface area contributed by atoms with E-state index < -0.39 is 10.0 Å². The first kappa shape index (κ1) is 19.4. The van der Waals surface area contributed by atoms with E-state index in [1.165, 1.54) is 6.20 Å². The minimum absolute atomic E-state index is 0.0991. The lowest BCUT2D eigenvalue weighted by Crippen LogP contribution is -2.56. The molecule has 0 bridgehead atoms. The third-order valence-corrected chi connectivity index (χ3v) is 6.20. The van der Waals surface area contributed by atoms with Gasteiger partial charge in [0.25, 0.3) is 5.89 Å². The highest BCUT2D eigenvalue weighted by molar-refractivity contribution is 7.89. The minimum atomic E-state index is -3.64. The molecule has 0 unspecified atom stereocenters. The number of rotatable bonds is 6. The van der Waals surface area contributed by atoms with Gasteiger partial charge in [0.15, 0.2) is 17.3 Å². The van der Waals surface area contributed by atoms with Crippen LogP contribution in [0.1, 0.15) is 18.3 Å². The highest BCUT2D eigenvalue weighted by Crippen LogP contribution is 2.28. The molecule has 152 valence electrons. The zero-order valence-corrected chi connectivity index (χ0v) is 16.8. The van der Waals surface area contributed by atoms with Gasteiger partial charge in [-0.2, -0.15) is 4.98 Å². The van der Waals surface area contributed by atoms with Crippen LogP contribution in [0.4, 0.5) is 5.82 Å². The summed E-state index contributed by atoms with van der Waals surface area (Å²) >= 11 is 0. The molecule has 1 saturated heterocycles. The Morgan fingerprint density at radius 1 is 1.31 bits per heavy atom. The Bertz CT molecular complexity index is 1160. The number of nitrogens with zero attached hydrogens (tertiary/aromatic N) is 4. The van der Waals surface area contributed by atoms with E-state index in [0.29, 0.717) is 36.6 Å². The summed E-state index contributed by atoms with van der Waals surface area (Å²) in [5.41, 5.74) is 8.15. The molecule has 0 spiro atoms. The SMILES string of the molecule is CCc1noc(-c2nc(-c3cc(S(=O)(=O)NC4CNC4)ccc3C)cnc2N)n1. The van der Waals surface area contributed by atoms with E-state index in [2.05, 4.69) is 30.1 Å². The van der Waals surface area contributed by atoms with Crippen molar-refractivity contribution in [1.82, 2.24) is 30.1 Å². The molecule has 0 atom stereocenters. The Balaban J connectivity index is 1.73. The molecule has 3 heterocycles.